The molecule has 2 heterocycles. The molecule has 2 rings (SSSR count). The summed E-state index contributed by atoms with van der Waals surface area (Å²) in [5.41, 5.74) is 0. The number of nitrogens with one attached hydrogen (secondary N) is 1. The summed E-state index contributed by atoms with van der Waals surface area (Å²) in [5.74, 6) is 2.29. The lowest BCUT2D eigenvalue weighted by molar-refractivity contribution is 0.505. The van der Waals surface area contributed by atoms with E-state index in [1.54, 1.807) is 0 Å². The van der Waals surface area contributed by atoms with Gasteiger partial charge in [-0.3, -0.25) is 0 Å². The zero-order valence-corrected chi connectivity index (χ0v) is 8.41. The molecule has 1 aliphatic rings. The van der Waals surface area contributed by atoms with Crippen LogP contribution in [0.1, 0.15) is 38.9 Å². The van der Waals surface area contributed by atoms with Gasteiger partial charge in [0.2, 0.25) is 5.95 Å². The molecule has 0 aliphatic carbocycles. The molecule has 0 fully saturated rings. The van der Waals surface area contributed by atoms with Gasteiger partial charge in [0.1, 0.15) is 0 Å². The van der Waals surface area contributed by atoms with E-state index in [2.05, 4.69) is 36.2 Å². The lowest BCUT2D eigenvalue weighted by atomic mass is 10.2. The fraction of sp³-hybridized carbons (Fsp3) is 0.778. The van der Waals surface area contributed by atoms with Crippen LogP contribution < -0.4 is 5.32 Å². The lowest BCUT2D eigenvalue weighted by Crippen LogP contribution is -2.26. The average molecular weight is 180 g/mol. The summed E-state index contributed by atoms with van der Waals surface area (Å²) in [4.78, 5) is 4.44. The van der Waals surface area contributed by atoms with Gasteiger partial charge in [-0.2, -0.15) is 10.1 Å². The van der Waals surface area contributed by atoms with Crippen molar-refractivity contribution in [1.29, 1.82) is 0 Å². The van der Waals surface area contributed by atoms with E-state index in [1.807, 2.05) is 4.68 Å². The molecule has 0 spiro atoms. The molecule has 1 aliphatic heterocycles. The van der Waals surface area contributed by atoms with E-state index in [0.717, 1.165) is 24.7 Å². The van der Waals surface area contributed by atoms with Gasteiger partial charge < -0.3 is 5.32 Å². The molecule has 72 valence electrons. The van der Waals surface area contributed by atoms with E-state index in [9.17, 15) is 0 Å². The number of hydrogen-bond donors (Lipinski definition) is 1. The molecule has 4 heteroatoms. The zero-order valence-electron chi connectivity index (χ0n) is 8.41. The maximum Gasteiger partial charge on any atom is 0.221 e. The number of fused-ring (bicyclic) bond motifs is 1. The highest BCUT2D eigenvalue weighted by atomic mass is 15.4. The number of anilines is 1. The molecule has 4 nitrogen and oxygen atoms in total. The Balaban J connectivity index is 2.28. The van der Waals surface area contributed by atoms with Gasteiger partial charge in [-0.05, 0) is 13.3 Å². The molecule has 1 aromatic heterocycles. The second-order valence-electron chi connectivity index (χ2n) is 4.01. The summed E-state index contributed by atoms with van der Waals surface area (Å²) in [7, 11) is 0. The Hall–Kier alpha value is -1.06. The normalized spacial score (nSPS) is 21.4. The number of rotatable bonds is 1. The molecular weight excluding hydrogens is 164 g/mol. The van der Waals surface area contributed by atoms with Crippen molar-refractivity contribution in [3.63, 3.8) is 0 Å². The van der Waals surface area contributed by atoms with Crippen LogP contribution in [0.4, 0.5) is 5.95 Å². The summed E-state index contributed by atoms with van der Waals surface area (Å²) >= 11 is 0. The van der Waals surface area contributed by atoms with Crippen LogP contribution in [0.3, 0.4) is 0 Å². The Morgan fingerprint density at radius 2 is 2.31 bits per heavy atom. The van der Waals surface area contributed by atoms with E-state index < -0.39 is 0 Å². The van der Waals surface area contributed by atoms with Crippen molar-refractivity contribution in [2.24, 2.45) is 0 Å². The summed E-state index contributed by atoms with van der Waals surface area (Å²) < 4.78 is 1.97. The molecule has 0 amide bonds. The minimum absolute atomic E-state index is 0.412. The van der Waals surface area contributed by atoms with Gasteiger partial charge in [0.05, 0.1) is 0 Å². The van der Waals surface area contributed by atoms with E-state index in [-0.39, 0.29) is 0 Å². The van der Waals surface area contributed by atoms with Crippen LogP contribution in [0, 0.1) is 0 Å². The molecule has 1 aromatic rings. The summed E-state index contributed by atoms with van der Waals surface area (Å²) in [6.07, 6.45) is 1.13. The Kier molecular flexibility index (Phi) is 1.98. The van der Waals surface area contributed by atoms with Crippen LogP contribution in [0.2, 0.25) is 0 Å². The van der Waals surface area contributed by atoms with E-state index in [1.165, 1.54) is 0 Å². The van der Waals surface area contributed by atoms with E-state index in [0.29, 0.717) is 12.0 Å². The average Bonchev–Trinajstić information content (AvgIpc) is 2.46. The number of aryl methyl sites for hydroxylation is 1. The topological polar surface area (TPSA) is 42.7 Å². The Morgan fingerprint density at radius 1 is 1.54 bits per heavy atom. The minimum atomic E-state index is 0.412. The van der Waals surface area contributed by atoms with Crippen molar-refractivity contribution in [3.05, 3.63) is 5.82 Å². The first-order chi connectivity index (χ1) is 6.16. The monoisotopic (exact) mass is 180 g/mol. The van der Waals surface area contributed by atoms with Crippen LogP contribution in [0.25, 0.3) is 0 Å². The summed E-state index contributed by atoms with van der Waals surface area (Å²) in [6, 6.07) is 0.525. The summed E-state index contributed by atoms with van der Waals surface area (Å²) in [6.45, 7) is 7.39. The van der Waals surface area contributed by atoms with Gasteiger partial charge in [0, 0.05) is 18.5 Å². The third-order valence-electron chi connectivity index (χ3n) is 2.35. The van der Waals surface area contributed by atoms with Crippen LogP contribution in [0.5, 0.6) is 0 Å². The predicted molar refractivity (Wildman–Crippen MR) is 51.8 cm³/mol. The van der Waals surface area contributed by atoms with Crippen molar-refractivity contribution < 1.29 is 0 Å². The number of aromatic nitrogens is 3. The Bertz CT molecular complexity index is 303. The van der Waals surface area contributed by atoms with Gasteiger partial charge in [-0.15, -0.1) is 0 Å². The SMILES string of the molecule is CC1CCn2nc(C(C)C)nc2N1. The van der Waals surface area contributed by atoms with Crippen LogP contribution in [0.15, 0.2) is 0 Å². The smallest absolute Gasteiger partial charge is 0.221 e. The van der Waals surface area contributed by atoms with Gasteiger partial charge in [-0.1, -0.05) is 13.8 Å². The summed E-state index contributed by atoms with van der Waals surface area (Å²) in [5, 5.41) is 7.75. The van der Waals surface area contributed by atoms with Gasteiger partial charge in [0.15, 0.2) is 5.82 Å². The fourth-order valence-electron chi connectivity index (χ4n) is 1.48. The first-order valence-electron chi connectivity index (χ1n) is 4.88. The maximum atomic E-state index is 4.44. The molecule has 1 atom stereocenters. The third-order valence-corrected chi connectivity index (χ3v) is 2.35. The Morgan fingerprint density at radius 3 is 3.00 bits per heavy atom. The molecule has 0 saturated heterocycles. The van der Waals surface area contributed by atoms with Crippen molar-refractivity contribution in [1.82, 2.24) is 14.8 Å². The first kappa shape index (κ1) is 8.53. The largest absolute Gasteiger partial charge is 0.352 e. The molecule has 0 radical (unpaired) electrons. The molecule has 0 aromatic carbocycles. The Labute approximate surface area is 78.4 Å². The van der Waals surface area contributed by atoms with Gasteiger partial charge in [-0.25, -0.2) is 4.68 Å². The zero-order chi connectivity index (χ0) is 9.42. The maximum absolute atomic E-state index is 4.44. The van der Waals surface area contributed by atoms with Crippen LogP contribution >= 0.6 is 0 Å². The lowest BCUT2D eigenvalue weighted by Gasteiger charge is -2.20. The van der Waals surface area contributed by atoms with Gasteiger partial charge >= 0.3 is 0 Å². The highest BCUT2D eigenvalue weighted by Gasteiger charge is 2.18. The molecule has 0 saturated carbocycles. The van der Waals surface area contributed by atoms with Crippen molar-refractivity contribution >= 4 is 5.95 Å². The fourth-order valence-corrected chi connectivity index (χ4v) is 1.48. The van der Waals surface area contributed by atoms with Crippen LogP contribution in [-0.2, 0) is 6.54 Å². The quantitative estimate of drug-likeness (QED) is 0.714. The molecule has 1 unspecified atom stereocenters. The van der Waals surface area contributed by atoms with Gasteiger partial charge in [0.25, 0.3) is 0 Å². The molecule has 1 N–H and O–H groups in total. The number of nitrogens with zero attached hydrogens (tertiary/aromatic N) is 3. The van der Waals surface area contributed by atoms with E-state index >= 15 is 0 Å². The van der Waals surface area contributed by atoms with Crippen LogP contribution in [-0.4, -0.2) is 20.8 Å². The molecule has 0 bridgehead atoms. The predicted octanol–water partition coefficient (Wildman–Crippen LogP) is 1.61. The standard InChI is InChI=1S/C9H16N4/c1-6(2)8-11-9-10-7(3)4-5-13(9)12-8/h6-7H,4-5H2,1-3H3,(H,10,11,12). The first-order valence-corrected chi connectivity index (χ1v) is 4.88. The highest BCUT2D eigenvalue weighted by Crippen LogP contribution is 2.18. The second-order valence-corrected chi connectivity index (χ2v) is 4.01. The van der Waals surface area contributed by atoms with E-state index in [4.69, 9.17) is 0 Å². The molecule has 13 heavy (non-hydrogen) atoms. The third kappa shape index (κ3) is 1.53. The molecular formula is C9H16N4. The van der Waals surface area contributed by atoms with Crippen molar-refractivity contribution in [3.8, 4) is 0 Å². The minimum Gasteiger partial charge on any atom is -0.352 e. The van der Waals surface area contributed by atoms with Crippen molar-refractivity contribution in [2.75, 3.05) is 5.32 Å². The number of hydrogen-bond acceptors (Lipinski definition) is 3. The second kappa shape index (κ2) is 3.01. The van der Waals surface area contributed by atoms with Crippen molar-refractivity contribution in [2.45, 2.75) is 45.7 Å². The highest BCUT2D eigenvalue weighted by molar-refractivity contribution is 5.28.